The van der Waals surface area contributed by atoms with Gasteiger partial charge in [0.1, 0.15) is 5.54 Å². The number of unbranched alkanes of at least 4 members (excludes halogenated alkanes) is 1. The average molecular weight is 445 g/mol. The van der Waals surface area contributed by atoms with E-state index in [1.54, 1.807) is 0 Å². The first-order valence-electron chi connectivity index (χ1n) is 10.7. The van der Waals surface area contributed by atoms with Gasteiger partial charge in [0.15, 0.2) is 0 Å². The predicted octanol–water partition coefficient (Wildman–Crippen LogP) is 3.30. The largest absolute Gasteiger partial charge is 0.480 e. The fourth-order valence-electron chi connectivity index (χ4n) is 4.15. The molecule has 2 aromatic rings. The standard InChI is InChI=1S/C23H30BClN2O4/c25-20-9-7-18(8-10-20)17-5-3-16(4-6-17)15-27-21-13-19(14-21)23(26,22(28)29)11-1-2-12-24(30)31/h3-10,19,21,27,30-31H,1-2,11-15,26H2,(H,28,29)/t19?,21?,23-/m0/s1. The summed E-state index contributed by atoms with van der Waals surface area (Å²) in [6, 6.07) is 16.4. The molecule has 31 heavy (non-hydrogen) atoms. The number of hydrogen-bond acceptors (Lipinski definition) is 5. The number of aliphatic carboxylic acids is 1. The van der Waals surface area contributed by atoms with Crippen LogP contribution in [0.25, 0.3) is 11.1 Å². The number of nitrogens with two attached hydrogens (primary N) is 1. The summed E-state index contributed by atoms with van der Waals surface area (Å²) in [5.41, 5.74) is 8.42. The molecule has 0 radical (unpaired) electrons. The Hall–Kier alpha value is -1.90. The Morgan fingerprint density at radius 1 is 1.06 bits per heavy atom. The Balaban J connectivity index is 1.45. The van der Waals surface area contributed by atoms with Crippen molar-refractivity contribution in [2.45, 2.75) is 56.5 Å². The van der Waals surface area contributed by atoms with E-state index in [1.165, 1.54) is 5.56 Å². The quantitative estimate of drug-likeness (QED) is 0.268. The van der Waals surface area contributed by atoms with Crippen LogP contribution in [-0.4, -0.2) is 39.8 Å². The Kier molecular flexibility index (Phi) is 8.14. The fraction of sp³-hybridized carbons (Fsp3) is 0.435. The van der Waals surface area contributed by atoms with Gasteiger partial charge in [-0.2, -0.15) is 0 Å². The van der Waals surface area contributed by atoms with Crippen molar-refractivity contribution in [3.05, 3.63) is 59.1 Å². The molecule has 0 aliphatic heterocycles. The summed E-state index contributed by atoms with van der Waals surface area (Å²) in [6.07, 6.45) is 3.15. The number of carboxylic acid groups (broad SMARTS) is 1. The van der Waals surface area contributed by atoms with E-state index in [0.29, 0.717) is 19.3 Å². The van der Waals surface area contributed by atoms with Crippen LogP contribution < -0.4 is 11.1 Å². The zero-order valence-corrected chi connectivity index (χ0v) is 18.3. The van der Waals surface area contributed by atoms with Crippen LogP contribution in [0, 0.1) is 5.92 Å². The molecule has 6 nitrogen and oxygen atoms in total. The van der Waals surface area contributed by atoms with Crippen molar-refractivity contribution in [3.63, 3.8) is 0 Å². The van der Waals surface area contributed by atoms with Crippen LogP contribution in [0.2, 0.25) is 11.3 Å². The predicted molar refractivity (Wildman–Crippen MR) is 124 cm³/mol. The van der Waals surface area contributed by atoms with E-state index in [2.05, 4.69) is 29.6 Å². The molecule has 0 amide bonds. The topological polar surface area (TPSA) is 116 Å². The summed E-state index contributed by atoms with van der Waals surface area (Å²) in [5.74, 6) is -1.05. The van der Waals surface area contributed by atoms with Crippen molar-refractivity contribution in [2.24, 2.45) is 11.7 Å². The SMILES string of the molecule is N[C@](CCCCB(O)O)(C(=O)O)C1CC(NCc2ccc(-c3ccc(Cl)cc3)cc2)C1. The maximum Gasteiger partial charge on any atom is 0.451 e. The van der Waals surface area contributed by atoms with Crippen molar-refractivity contribution in [2.75, 3.05) is 0 Å². The molecule has 1 atom stereocenters. The first kappa shape index (κ1) is 23.8. The molecule has 1 fully saturated rings. The van der Waals surface area contributed by atoms with E-state index in [9.17, 15) is 9.90 Å². The molecule has 1 aliphatic carbocycles. The maximum absolute atomic E-state index is 11.8. The molecule has 0 saturated heterocycles. The summed E-state index contributed by atoms with van der Waals surface area (Å²) in [5, 5.41) is 31.7. The van der Waals surface area contributed by atoms with Gasteiger partial charge < -0.3 is 26.2 Å². The lowest BCUT2D eigenvalue weighted by Crippen LogP contribution is -2.61. The number of halogens is 1. The lowest BCUT2D eigenvalue weighted by atomic mass is 9.66. The lowest BCUT2D eigenvalue weighted by molar-refractivity contribution is -0.148. The highest BCUT2D eigenvalue weighted by molar-refractivity contribution is 6.40. The smallest absolute Gasteiger partial charge is 0.451 e. The second-order valence-electron chi connectivity index (χ2n) is 8.52. The van der Waals surface area contributed by atoms with E-state index >= 15 is 0 Å². The molecule has 6 N–H and O–H groups in total. The molecule has 8 heteroatoms. The average Bonchev–Trinajstić information content (AvgIpc) is 2.71. The highest BCUT2D eigenvalue weighted by Gasteiger charge is 2.47. The molecule has 1 aliphatic rings. The minimum absolute atomic E-state index is 0.0752. The number of rotatable bonds is 11. The first-order valence-corrected chi connectivity index (χ1v) is 11.1. The Labute approximate surface area is 188 Å². The van der Waals surface area contributed by atoms with E-state index in [0.717, 1.165) is 35.5 Å². The number of carboxylic acids is 1. The van der Waals surface area contributed by atoms with Gasteiger partial charge in [-0.05, 0) is 60.3 Å². The van der Waals surface area contributed by atoms with Crippen LogP contribution in [0.3, 0.4) is 0 Å². The highest BCUT2D eigenvalue weighted by atomic mass is 35.5. The van der Waals surface area contributed by atoms with Crippen molar-refractivity contribution >= 4 is 24.7 Å². The minimum atomic E-state index is -1.35. The minimum Gasteiger partial charge on any atom is -0.480 e. The third kappa shape index (κ3) is 6.31. The van der Waals surface area contributed by atoms with Gasteiger partial charge in [-0.25, -0.2) is 0 Å². The Morgan fingerprint density at radius 2 is 1.65 bits per heavy atom. The Morgan fingerprint density at radius 3 is 2.19 bits per heavy atom. The fourth-order valence-corrected chi connectivity index (χ4v) is 4.28. The molecule has 0 bridgehead atoms. The summed E-state index contributed by atoms with van der Waals surface area (Å²) in [7, 11) is -1.35. The number of nitrogens with one attached hydrogen (secondary N) is 1. The molecule has 0 aromatic heterocycles. The first-order chi connectivity index (χ1) is 14.8. The summed E-state index contributed by atoms with van der Waals surface area (Å²) >= 11 is 5.95. The van der Waals surface area contributed by atoms with Gasteiger partial charge in [0, 0.05) is 17.6 Å². The van der Waals surface area contributed by atoms with Crippen molar-refractivity contribution < 1.29 is 19.9 Å². The molecule has 0 unspecified atom stereocenters. The molecular formula is C23H30BClN2O4. The second-order valence-corrected chi connectivity index (χ2v) is 8.96. The summed E-state index contributed by atoms with van der Waals surface area (Å²) < 4.78 is 0. The highest BCUT2D eigenvalue weighted by Crippen LogP contribution is 2.38. The monoisotopic (exact) mass is 444 g/mol. The van der Waals surface area contributed by atoms with Crippen LogP contribution in [0.1, 0.15) is 37.7 Å². The molecule has 166 valence electrons. The number of hydrogen-bond donors (Lipinski definition) is 5. The zero-order chi connectivity index (χ0) is 22.4. The number of carbonyl (C=O) groups is 1. The van der Waals surface area contributed by atoms with Crippen LogP contribution in [0.4, 0.5) is 0 Å². The van der Waals surface area contributed by atoms with Gasteiger partial charge in [0.25, 0.3) is 0 Å². The zero-order valence-electron chi connectivity index (χ0n) is 17.5. The second kappa shape index (κ2) is 10.6. The Bertz CT molecular complexity index is 857. The summed E-state index contributed by atoms with van der Waals surface area (Å²) in [6.45, 7) is 0.720. The van der Waals surface area contributed by atoms with E-state index < -0.39 is 18.6 Å². The van der Waals surface area contributed by atoms with E-state index in [1.807, 2.05) is 24.3 Å². The van der Waals surface area contributed by atoms with Crippen LogP contribution in [-0.2, 0) is 11.3 Å². The van der Waals surface area contributed by atoms with Gasteiger partial charge in [0.05, 0.1) is 0 Å². The molecular weight excluding hydrogens is 415 g/mol. The third-order valence-electron chi connectivity index (χ3n) is 6.29. The maximum atomic E-state index is 11.8. The van der Waals surface area contributed by atoms with Gasteiger partial charge in [0.2, 0.25) is 0 Å². The van der Waals surface area contributed by atoms with E-state index in [-0.39, 0.29) is 18.3 Å². The van der Waals surface area contributed by atoms with Crippen LogP contribution in [0.5, 0.6) is 0 Å². The summed E-state index contributed by atoms with van der Waals surface area (Å²) in [4.78, 5) is 11.8. The molecule has 1 saturated carbocycles. The van der Waals surface area contributed by atoms with Gasteiger partial charge >= 0.3 is 13.1 Å². The lowest BCUT2D eigenvalue weighted by Gasteiger charge is -2.45. The van der Waals surface area contributed by atoms with Crippen molar-refractivity contribution in [1.82, 2.24) is 5.32 Å². The van der Waals surface area contributed by atoms with E-state index in [4.69, 9.17) is 27.4 Å². The van der Waals surface area contributed by atoms with Crippen LogP contribution in [0.15, 0.2) is 48.5 Å². The molecule has 2 aromatic carbocycles. The molecule has 0 heterocycles. The van der Waals surface area contributed by atoms with Crippen LogP contribution >= 0.6 is 11.6 Å². The normalized spacial score (nSPS) is 20.0. The van der Waals surface area contributed by atoms with Gasteiger partial charge in [-0.1, -0.05) is 60.8 Å². The molecule has 0 spiro atoms. The molecule has 3 rings (SSSR count). The van der Waals surface area contributed by atoms with Gasteiger partial charge in [-0.15, -0.1) is 0 Å². The number of benzene rings is 2. The van der Waals surface area contributed by atoms with Crippen molar-refractivity contribution in [1.29, 1.82) is 0 Å². The van der Waals surface area contributed by atoms with Crippen molar-refractivity contribution in [3.8, 4) is 11.1 Å². The third-order valence-corrected chi connectivity index (χ3v) is 6.55. The van der Waals surface area contributed by atoms with Gasteiger partial charge in [-0.3, -0.25) is 4.79 Å².